The number of nitrogens with one attached hydrogen (secondary N) is 1. The maximum atomic E-state index is 12.2. The molecule has 2 heterocycles. The number of hydrogen-bond acceptors (Lipinski definition) is 4. The van der Waals surface area contributed by atoms with Gasteiger partial charge in [0.2, 0.25) is 11.8 Å². The molecule has 0 spiro atoms. The molecule has 0 aromatic carbocycles. The fourth-order valence-corrected chi connectivity index (χ4v) is 1.80. The van der Waals surface area contributed by atoms with E-state index in [1.807, 2.05) is 0 Å². The van der Waals surface area contributed by atoms with Crippen LogP contribution in [0.15, 0.2) is 36.8 Å². The van der Waals surface area contributed by atoms with Crippen molar-refractivity contribution in [1.29, 1.82) is 0 Å². The van der Waals surface area contributed by atoms with Crippen molar-refractivity contribution in [2.24, 2.45) is 0 Å². The second-order valence-corrected chi connectivity index (χ2v) is 4.75. The molecular weight excluding hydrogens is 313 g/mol. The van der Waals surface area contributed by atoms with Gasteiger partial charge in [0.05, 0.1) is 0 Å². The first-order chi connectivity index (χ1) is 10.9. The van der Waals surface area contributed by atoms with Gasteiger partial charge in [-0.25, -0.2) is 4.98 Å². The monoisotopic (exact) mass is 328 g/mol. The van der Waals surface area contributed by atoms with Gasteiger partial charge in [-0.2, -0.15) is 18.3 Å². The highest BCUT2D eigenvalue weighted by Gasteiger charge is 2.29. The first kappa shape index (κ1) is 16.8. The van der Waals surface area contributed by atoms with Crippen molar-refractivity contribution in [2.45, 2.75) is 25.7 Å². The average molecular weight is 328 g/mol. The average Bonchev–Trinajstić information content (AvgIpc) is 3.04. The molecule has 1 N–H and O–H groups in total. The van der Waals surface area contributed by atoms with Gasteiger partial charge < -0.3 is 10.1 Å². The minimum Gasteiger partial charge on any atom is -0.468 e. The van der Waals surface area contributed by atoms with Crippen LogP contribution in [0.2, 0.25) is 0 Å². The van der Waals surface area contributed by atoms with Crippen molar-refractivity contribution in [2.75, 3.05) is 6.61 Å². The van der Waals surface area contributed by atoms with E-state index in [9.17, 15) is 18.0 Å². The van der Waals surface area contributed by atoms with Gasteiger partial charge in [-0.3, -0.25) is 9.48 Å². The molecule has 6 nitrogen and oxygen atoms in total. The van der Waals surface area contributed by atoms with Gasteiger partial charge in [0.25, 0.3) is 0 Å². The first-order valence-corrected chi connectivity index (χ1v) is 6.77. The number of ether oxygens (including phenoxy) is 1. The number of rotatable bonds is 6. The van der Waals surface area contributed by atoms with Crippen LogP contribution in [-0.4, -0.2) is 33.5 Å². The van der Waals surface area contributed by atoms with Crippen LogP contribution in [0.5, 0.6) is 5.88 Å². The van der Waals surface area contributed by atoms with Crippen molar-refractivity contribution in [3.05, 3.63) is 42.4 Å². The molecule has 0 fully saturated rings. The third-order valence-electron chi connectivity index (χ3n) is 2.98. The number of hydrogen-bond donors (Lipinski definition) is 1. The zero-order valence-corrected chi connectivity index (χ0v) is 12.2. The summed E-state index contributed by atoms with van der Waals surface area (Å²) in [5, 5.41) is 6.58. The van der Waals surface area contributed by atoms with Crippen LogP contribution in [0.4, 0.5) is 13.2 Å². The number of pyridine rings is 1. The lowest BCUT2D eigenvalue weighted by molar-refractivity contribution is -0.154. The normalized spacial score (nSPS) is 12.7. The maximum absolute atomic E-state index is 12.2. The van der Waals surface area contributed by atoms with Gasteiger partial charge in [0, 0.05) is 30.7 Å². The maximum Gasteiger partial charge on any atom is 0.422 e. The summed E-state index contributed by atoms with van der Waals surface area (Å²) in [6, 6.07) is 4.24. The SMILES string of the molecule is C[C@H](C(=O)NCc1cccnc1OCC(F)(F)F)n1cccn1. The van der Waals surface area contributed by atoms with Gasteiger partial charge in [-0.15, -0.1) is 0 Å². The number of carbonyl (C=O) groups excluding carboxylic acids is 1. The van der Waals surface area contributed by atoms with Crippen molar-refractivity contribution < 1.29 is 22.7 Å². The largest absolute Gasteiger partial charge is 0.468 e. The Labute approximate surface area is 130 Å². The number of carbonyl (C=O) groups is 1. The van der Waals surface area contributed by atoms with E-state index in [2.05, 4.69) is 20.1 Å². The smallest absolute Gasteiger partial charge is 0.422 e. The highest BCUT2D eigenvalue weighted by atomic mass is 19.4. The lowest BCUT2D eigenvalue weighted by Gasteiger charge is -2.15. The lowest BCUT2D eigenvalue weighted by Crippen LogP contribution is -2.31. The molecule has 0 aliphatic carbocycles. The summed E-state index contributed by atoms with van der Waals surface area (Å²) in [6.07, 6.45) is 0.0657. The van der Waals surface area contributed by atoms with Crippen LogP contribution in [0, 0.1) is 0 Å². The molecule has 2 aromatic rings. The van der Waals surface area contributed by atoms with E-state index in [1.165, 1.54) is 16.9 Å². The van der Waals surface area contributed by atoms with E-state index in [0.29, 0.717) is 5.56 Å². The van der Waals surface area contributed by atoms with E-state index in [0.717, 1.165) is 0 Å². The Balaban J connectivity index is 1.96. The zero-order valence-electron chi connectivity index (χ0n) is 12.2. The van der Waals surface area contributed by atoms with Crippen LogP contribution in [0.1, 0.15) is 18.5 Å². The summed E-state index contributed by atoms with van der Waals surface area (Å²) >= 11 is 0. The van der Waals surface area contributed by atoms with Gasteiger partial charge in [-0.1, -0.05) is 6.07 Å². The molecule has 1 atom stereocenters. The second-order valence-electron chi connectivity index (χ2n) is 4.75. The number of aromatic nitrogens is 3. The lowest BCUT2D eigenvalue weighted by atomic mass is 10.2. The summed E-state index contributed by atoms with van der Waals surface area (Å²) in [6.45, 7) is 0.229. The predicted molar refractivity (Wildman–Crippen MR) is 74.6 cm³/mol. The Kier molecular flexibility index (Phi) is 5.20. The molecule has 23 heavy (non-hydrogen) atoms. The molecule has 1 amide bonds. The summed E-state index contributed by atoms with van der Waals surface area (Å²) in [4.78, 5) is 15.8. The molecule has 0 unspecified atom stereocenters. The van der Waals surface area contributed by atoms with Crippen LogP contribution < -0.4 is 10.1 Å². The van der Waals surface area contributed by atoms with E-state index < -0.39 is 18.8 Å². The van der Waals surface area contributed by atoms with Crippen molar-refractivity contribution in [1.82, 2.24) is 20.1 Å². The van der Waals surface area contributed by atoms with Crippen molar-refractivity contribution in [3.8, 4) is 5.88 Å². The van der Waals surface area contributed by atoms with Gasteiger partial charge >= 0.3 is 6.18 Å². The van der Waals surface area contributed by atoms with E-state index in [4.69, 9.17) is 0 Å². The molecule has 2 rings (SSSR count). The summed E-state index contributed by atoms with van der Waals surface area (Å²) in [5.41, 5.74) is 0.359. The Morgan fingerprint density at radius 1 is 1.39 bits per heavy atom. The molecule has 9 heteroatoms. The molecule has 0 radical (unpaired) electrons. The zero-order chi connectivity index (χ0) is 16.9. The molecule has 2 aromatic heterocycles. The first-order valence-electron chi connectivity index (χ1n) is 6.77. The number of halogens is 3. The molecule has 0 saturated carbocycles. The standard InChI is InChI=1S/C14H15F3N4O2/c1-10(21-7-3-6-20-21)12(22)19-8-11-4-2-5-18-13(11)23-9-14(15,16)17/h2-7,10H,8-9H2,1H3,(H,19,22)/t10-/m1/s1. The van der Waals surface area contributed by atoms with E-state index in [-0.39, 0.29) is 18.3 Å². The Morgan fingerprint density at radius 3 is 2.83 bits per heavy atom. The molecular formula is C14H15F3N4O2. The van der Waals surface area contributed by atoms with Crippen LogP contribution in [-0.2, 0) is 11.3 Å². The van der Waals surface area contributed by atoms with Crippen LogP contribution in [0.25, 0.3) is 0 Å². The van der Waals surface area contributed by atoms with Crippen LogP contribution in [0.3, 0.4) is 0 Å². The summed E-state index contributed by atoms with van der Waals surface area (Å²) < 4.78 is 42.8. The molecule has 0 aliphatic heterocycles. The van der Waals surface area contributed by atoms with Gasteiger partial charge in [0.1, 0.15) is 6.04 Å². The number of amides is 1. The minimum absolute atomic E-state index is 0.00543. The highest BCUT2D eigenvalue weighted by Crippen LogP contribution is 2.20. The van der Waals surface area contributed by atoms with Gasteiger partial charge in [0.15, 0.2) is 6.61 Å². The van der Waals surface area contributed by atoms with E-state index >= 15 is 0 Å². The molecule has 0 bridgehead atoms. The predicted octanol–water partition coefficient (Wildman–Crippen LogP) is 2.10. The summed E-state index contributed by atoms with van der Waals surface area (Å²) in [7, 11) is 0. The molecule has 0 aliphatic rings. The fourth-order valence-electron chi connectivity index (χ4n) is 1.80. The van der Waals surface area contributed by atoms with Crippen LogP contribution >= 0.6 is 0 Å². The van der Waals surface area contributed by atoms with Crippen molar-refractivity contribution in [3.63, 3.8) is 0 Å². The topological polar surface area (TPSA) is 69.0 Å². The van der Waals surface area contributed by atoms with Crippen molar-refractivity contribution >= 4 is 5.91 Å². The Morgan fingerprint density at radius 2 is 2.17 bits per heavy atom. The Bertz CT molecular complexity index is 644. The second kappa shape index (κ2) is 7.12. The molecule has 0 saturated heterocycles. The molecule has 124 valence electrons. The summed E-state index contributed by atoms with van der Waals surface area (Å²) in [5.74, 6) is -0.476. The highest BCUT2D eigenvalue weighted by molar-refractivity contribution is 5.79. The number of alkyl halides is 3. The third-order valence-corrected chi connectivity index (χ3v) is 2.98. The quantitative estimate of drug-likeness (QED) is 0.882. The number of nitrogens with zero attached hydrogens (tertiary/aromatic N) is 3. The van der Waals surface area contributed by atoms with Gasteiger partial charge in [-0.05, 0) is 19.1 Å². The van der Waals surface area contributed by atoms with E-state index in [1.54, 1.807) is 31.5 Å². The fraction of sp³-hybridized carbons (Fsp3) is 0.357. The third kappa shape index (κ3) is 4.97. The minimum atomic E-state index is -4.45. The Hall–Kier alpha value is -2.58.